The molecule has 0 radical (unpaired) electrons. The van der Waals surface area contributed by atoms with Gasteiger partial charge in [0.15, 0.2) is 5.69 Å². The van der Waals surface area contributed by atoms with Crippen LogP contribution in [0, 0.1) is 0 Å². The Morgan fingerprint density at radius 1 is 1.73 bits per heavy atom. The number of aromatic carboxylic acids is 1. The van der Waals surface area contributed by atoms with Gasteiger partial charge in [0.2, 0.25) is 0 Å². The molecular weight excluding hydrogens is 212 g/mol. The van der Waals surface area contributed by atoms with Crippen LogP contribution in [0.3, 0.4) is 0 Å². The Morgan fingerprint density at radius 2 is 2.47 bits per heavy atom. The lowest BCUT2D eigenvalue weighted by molar-refractivity contribution is 0.0692. The van der Waals surface area contributed by atoms with E-state index < -0.39 is 5.97 Å². The number of nitrogens with zero attached hydrogens (tertiary/aromatic N) is 1. The van der Waals surface area contributed by atoms with Crippen LogP contribution in [0.2, 0.25) is 0 Å². The molecule has 0 aliphatic rings. The van der Waals surface area contributed by atoms with E-state index in [9.17, 15) is 4.79 Å². The maximum Gasteiger partial charge on any atom is 0.357 e. The molecule has 0 saturated carbocycles. The Balaban J connectivity index is 2.56. The second kappa shape index (κ2) is 5.70. The van der Waals surface area contributed by atoms with Crippen LogP contribution < -0.4 is 5.32 Å². The minimum absolute atomic E-state index is 0.128. The summed E-state index contributed by atoms with van der Waals surface area (Å²) in [4.78, 5) is 14.6. The van der Waals surface area contributed by atoms with E-state index in [1.165, 1.54) is 11.3 Å². The maximum absolute atomic E-state index is 10.8. The van der Waals surface area contributed by atoms with Gasteiger partial charge >= 0.3 is 5.97 Å². The molecule has 1 rings (SSSR count). The quantitative estimate of drug-likeness (QED) is 0.786. The van der Waals surface area contributed by atoms with Crippen LogP contribution in [0.15, 0.2) is 5.51 Å². The number of thiazole rings is 1. The molecule has 0 spiro atoms. The highest BCUT2D eigenvalue weighted by molar-refractivity contribution is 7.14. The van der Waals surface area contributed by atoms with Crippen LogP contribution in [-0.2, 0) is 0 Å². The summed E-state index contributed by atoms with van der Waals surface area (Å²) in [5, 5.41) is 12.7. The molecule has 0 saturated heterocycles. The van der Waals surface area contributed by atoms with Crippen LogP contribution in [0.4, 0.5) is 5.00 Å². The van der Waals surface area contributed by atoms with Gasteiger partial charge in [0.1, 0.15) is 5.00 Å². The summed E-state index contributed by atoms with van der Waals surface area (Å²) >= 11 is 1.34. The minimum Gasteiger partial charge on any atom is -0.476 e. The van der Waals surface area contributed by atoms with E-state index in [0.29, 0.717) is 11.0 Å². The van der Waals surface area contributed by atoms with E-state index in [1.807, 2.05) is 0 Å². The SMILES string of the molecule is CCCCC(C)Nc1scnc1C(=O)O. The average molecular weight is 228 g/mol. The molecule has 4 nitrogen and oxygen atoms in total. The van der Waals surface area contributed by atoms with E-state index in [4.69, 9.17) is 5.11 Å². The molecule has 0 aromatic carbocycles. The van der Waals surface area contributed by atoms with E-state index in [2.05, 4.69) is 24.1 Å². The largest absolute Gasteiger partial charge is 0.476 e. The Hall–Kier alpha value is -1.10. The van der Waals surface area contributed by atoms with Gasteiger partial charge in [-0.15, -0.1) is 11.3 Å². The normalized spacial score (nSPS) is 12.4. The van der Waals surface area contributed by atoms with Crippen molar-refractivity contribution in [1.29, 1.82) is 0 Å². The van der Waals surface area contributed by atoms with Gasteiger partial charge in [0.05, 0.1) is 5.51 Å². The third kappa shape index (κ3) is 3.51. The highest BCUT2D eigenvalue weighted by atomic mass is 32.1. The first-order chi connectivity index (χ1) is 7.15. The number of unbranched alkanes of at least 4 members (excludes halogenated alkanes) is 1. The predicted molar refractivity (Wildman–Crippen MR) is 61.7 cm³/mol. The number of hydrogen-bond donors (Lipinski definition) is 2. The number of carbonyl (C=O) groups is 1. The van der Waals surface area contributed by atoms with E-state index in [1.54, 1.807) is 5.51 Å². The van der Waals surface area contributed by atoms with Crippen molar-refractivity contribution in [2.75, 3.05) is 5.32 Å². The molecule has 1 unspecified atom stereocenters. The second-order valence-corrected chi connectivity index (χ2v) is 4.38. The van der Waals surface area contributed by atoms with Gasteiger partial charge in [0, 0.05) is 6.04 Å². The summed E-state index contributed by atoms with van der Waals surface area (Å²) in [6.07, 6.45) is 3.35. The molecule has 15 heavy (non-hydrogen) atoms. The number of carboxylic acids is 1. The second-order valence-electron chi connectivity index (χ2n) is 3.52. The molecule has 5 heteroatoms. The zero-order valence-electron chi connectivity index (χ0n) is 8.99. The molecule has 0 bridgehead atoms. The summed E-state index contributed by atoms with van der Waals surface area (Å²) in [5.41, 5.74) is 1.68. The summed E-state index contributed by atoms with van der Waals surface area (Å²) in [7, 11) is 0. The lowest BCUT2D eigenvalue weighted by Crippen LogP contribution is -2.16. The van der Waals surface area contributed by atoms with Gasteiger partial charge < -0.3 is 10.4 Å². The topological polar surface area (TPSA) is 62.2 Å². The molecule has 1 aromatic heterocycles. The van der Waals surface area contributed by atoms with Crippen LogP contribution in [0.1, 0.15) is 43.6 Å². The third-order valence-corrected chi connectivity index (χ3v) is 2.90. The molecule has 0 amide bonds. The predicted octanol–water partition coefficient (Wildman–Crippen LogP) is 2.83. The van der Waals surface area contributed by atoms with Crippen molar-refractivity contribution < 1.29 is 9.90 Å². The summed E-state index contributed by atoms with van der Waals surface area (Å²) in [6.45, 7) is 4.20. The summed E-state index contributed by atoms with van der Waals surface area (Å²) in [5.74, 6) is -0.971. The molecule has 1 aromatic rings. The van der Waals surface area contributed by atoms with Crippen molar-refractivity contribution in [3.63, 3.8) is 0 Å². The van der Waals surface area contributed by atoms with E-state index in [-0.39, 0.29) is 5.69 Å². The van der Waals surface area contributed by atoms with Crippen LogP contribution in [-0.4, -0.2) is 22.1 Å². The van der Waals surface area contributed by atoms with E-state index >= 15 is 0 Å². The van der Waals surface area contributed by atoms with Gasteiger partial charge in [-0.25, -0.2) is 9.78 Å². The van der Waals surface area contributed by atoms with Crippen molar-refractivity contribution >= 4 is 22.3 Å². The average Bonchev–Trinajstić information content (AvgIpc) is 2.62. The van der Waals surface area contributed by atoms with Crippen molar-refractivity contribution in [1.82, 2.24) is 4.98 Å². The van der Waals surface area contributed by atoms with Crippen molar-refractivity contribution in [3.8, 4) is 0 Å². The summed E-state index contributed by atoms with van der Waals surface area (Å²) < 4.78 is 0. The Morgan fingerprint density at radius 3 is 3.07 bits per heavy atom. The first-order valence-electron chi connectivity index (χ1n) is 5.08. The van der Waals surface area contributed by atoms with E-state index in [0.717, 1.165) is 19.3 Å². The zero-order chi connectivity index (χ0) is 11.3. The van der Waals surface area contributed by atoms with Crippen molar-refractivity contribution in [3.05, 3.63) is 11.2 Å². The van der Waals surface area contributed by atoms with Gasteiger partial charge in [-0.1, -0.05) is 19.8 Å². The van der Waals surface area contributed by atoms with Crippen molar-refractivity contribution in [2.45, 2.75) is 39.2 Å². The number of nitrogens with one attached hydrogen (secondary N) is 1. The van der Waals surface area contributed by atoms with Gasteiger partial charge in [0.25, 0.3) is 0 Å². The maximum atomic E-state index is 10.8. The van der Waals surface area contributed by atoms with Gasteiger partial charge in [-0.05, 0) is 13.3 Å². The van der Waals surface area contributed by atoms with Crippen LogP contribution in [0.5, 0.6) is 0 Å². The number of anilines is 1. The third-order valence-electron chi connectivity index (χ3n) is 2.14. The fourth-order valence-electron chi connectivity index (χ4n) is 1.31. The number of carboxylic acid groups (broad SMARTS) is 1. The number of rotatable bonds is 6. The Kier molecular flexibility index (Phi) is 4.55. The number of hydrogen-bond acceptors (Lipinski definition) is 4. The lowest BCUT2D eigenvalue weighted by atomic mass is 10.1. The molecule has 0 aliphatic heterocycles. The molecule has 84 valence electrons. The fourth-order valence-corrected chi connectivity index (χ4v) is 2.09. The smallest absolute Gasteiger partial charge is 0.357 e. The first-order valence-corrected chi connectivity index (χ1v) is 5.96. The van der Waals surface area contributed by atoms with Crippen molar-refractivity contribution in [2.24, 2.45) is 0 Å². The molecule has 1 heterocycles. The Labute approximate surface area is 93.4 Å². The highest BCUT2D eigenvalue weighted by Gasteiger charge is 2.14. The first kappa shape index (κ1) is 12.0. The lowest BCUT2D eigenvalue weighted by Gasteiger charge is -2.13. The fraction of sp³-hybridized carbons (Fsp3) is 0.600. The molecule has 0 fully saturated rings. The molecule has 2 N–H and O–H groups in total. The van der Waals surface area contributed by atoms with Gasteiger partial charge in [-0.3, -0.25) is 0 Å². The minimum atomic E-state index is -0.971. The molecule has 1 atom stereocenters. The summed E-state index contributed by atoms with van der Waals surface area (Å²) in [6, 6.07) is 0.295. The van der Waals surface area contributed by atoms with Crippen LogP contribution >= 0.6 is 11.3 Å². The monoisotopic (exact) mass is 228 g/mol. The Bertz CT molecular complexity index is 325. The number of aromatic nitrogens is 1. The van der Waals surface area contributed by atoms with Crippen LogP contribution in [0.25, 0.3) is 0 Å². The standard InChI is InChI=1S/C10H16N2O2S/c1-3-4-5-7(2)12-9-8(10(13)14)11-6-15-9/h6-7,12H,3-5H2,1-2H3,(H,13,14). The molecular formula is C10H16N2O2S. The zero-order valence-corrected chi connectivity index (χ0v) is 9.80. The van der Waals surface area contributed by atoms with Gasteiger partial charge in [-0.2, -0.15) is 0 Å². The molecule has 0 aliphatic carbocycles. The highest BCUT2D eigenvalue weighted by Crippen LogP contribution is 2.21.